The van der Waals surface area contributed by atoms with Crippen LogP contribution in [0.25, 0.3) is 0 Å². The van der Waals surface area contributed by atoms with Crippen molar-refractivity contribution in [1.29, 1.82) is 0 Å². The summed E-state index contributed by atoms with van der Waals surface area (Å²) in [6.07, 6.45) is 0. The second-order valence-electron chi connectivity index (χ2n) is 4.84. The van der Waals surface area contributed by atoms with Crippen molar-refractivity contribution >= 4 is 27.0 Å². The lowest BCUT2D eigenvalue weighted by molar-refractivity contribution is 0.601. The van der Waals surface area contributed by atoms with E-state index in [-0.39, 0.29) is 4.90 Å². The fourth-order valence-electron chi connectivity index (χ4n) is 1.76. The van der Waals surface area contributed by atoms with Crippen LogP contribution in [0.2, 0.25) is 0 Å². The Labute approximate surface area is 123 Å². The van der Waals surface area contributed by atoms with Crippen LogP contribution in [-0.4, -0.2) is 8.42 Å². The minimum Gasteiger partial charge on any atom is -0.326 e. The third kappa shape index (κ3) is 3.39. The van der Waals surface area contributed by atoms with Crippen molar-refractivity contribution in [3.8, 4) is 0 Å². The van der Waals surface area contributed by atoms with Gasteiger partial charge in [0.05, 0.1) is 4.90 Å². The van der Waals surface area contributed by atoms with Crippen LogP contribution < -0.4 is 10.5 Å². The summed E-state index contributed by atoms with van der Waals surface area (Å²) >= 11 is 1.35. The van der Waals surface area contributed by atoms with Crippen LogP contribution in [-0.2, 0) is 16.6 Å². The van der Waals surface area contributed by atoms with Gasteiger partial charge < -0.3 is 5.73 Å². The molecule has 0 spiro atoms. The Kier molecular flexibility index (Phi) is 4.47. The minimum absolute atomic E-state index is 0.260. The molecular weight excluding hydrogens is 292 g/mol. The lowest BCUT2D eigenvalue weighted by Crippen LogP contribution is -2.12. The van der Waals surface area contributed by atoms with E-state index in [0.717, 1.165) is 4.88 Å². The van der Waals surface area contributed by atoms with Crippen LogP contribution in [0.1, 0.15) is 30.2 Å². The molecule has 4 nitrogen and oxygen atoms in total. The number of benzene rings is 1. The zero-order chi connectivity index (χ0) is 14.8. The van der Waals surface area contributed by atoms with Crippen LogP contribution in [0.4, 0.5) is 5.69 Å². The summed E-state index contributed by atoms with van der Waals surface area (Å²) in [5.74, 6) is 0.421. The molecule has 1 aromatic heterocycles. The van der Waals surface area contributed by atoms with Gasteiger partial charge in [0.15, 0.2) is 0 Å². The fourth-order valence-corrected chi connectivity index (χ4v) is 3.97. The van der Waals surface area contributed by atoms with Crippen molar-refractivity contribution in [3.05, 3.63) is 46.2 Å². The summed E-state index contributed by atoms with van der Waals surface area (Å²) < 4.78 is 27.0. The van der Waals surface area contributed by atoms with E-state index in [4.69, 9.17) is 5.73 Å². The number of rotatable bonds is 5. The number of sulfonamides is 1. The average Bonchev–Trinajstić information content (AvgIpc) is 2.88. The Morgan fingerprint density at radius 3 is 2.40 bits per heavy atom. The van der Waals surface area contributed by atoms with E-state index in [0.29, 0.717) is 18.2 Å². The molecule has 6 heteroatoms. The highest BCUT2D eigenvalue weighted by Gasteiger charge is 2.16. The molecular formula is C14H18N2O2S2. The molecule has 0 aliphatic carbocycles. The van der Waals surface area contributed by atoms with Crippen molar-refractivity contribution in [2.24, 2.45) is 5.73 Å². The van der Waals surface area contributed by atoms with E-state index in [1.54, 1.807) is 23.6 Å². The normalized spacial score (nSPS) is 11.8. The zero-order valence-corrected chi connectivity index (χ0v) is 13.1. The maximum atomic E-state index is 12.2. The minimum atomic E-state index is -3.53. The van der Waals surface area contributed by atoms with Crippen molar-refractivity contribution in [1.82, 2.24) is 0 Å². The van der Waals surface area contributed by atoms with Gasteiger partial charge in [-0.25, -0.2) is 8.42 Å². The van der Waals surface area contributed by atoms with Gasteiger partial charge in [-0.2, -0.15) is 0 Å². The third-order valence-electron chi connectivity index (χ3n) is 2.97. The maximum absolute atomic E-state index is 12.2. The predicted octanol–water partition coefficient (Wildman–Crippen LogP) is 3.13. The van der Waals surface area contributed by atoms with E-state index in [2.05, 4.69) is 18.6 Å². The van der Waals surface area contributed by atoms with Crippen LogP contribution in [0.5, 0.6) is 0 Å². The van der Waals surface area contributed by atoms with Gasteiger partial charge in [-0.1, -0.05) is 26.0 Å². The van der Waals surface area contributed by atoms with E-state index in [1.807, 2.05) is 12.1 Å². The Balaban J connectivity index is 2.19. The number of thiophene rings is 1. The van der Waals surface area contributed by atoms with E-state index >= 15 is 0 Å². The fraction of sp³-hybridized carbons (Fsp3) is 0.286. The maximum Gasteiger partial charge on any atom is 0.262 e. The van der Waals surface area contributed by atoms with Gasteiger partial charge in [-0.15, -0.1) is 11.3 Å². The zero-order valence-electron chi connectivity index (χ0n) is 11.5. The van der Waals surface area contributed by atoms with Crippen LogP contribution in [0.15, 0.2) is 40.6 Å². The molecule has 108 valence electrons. The topological polar surface area (TPSA) is 72.2 Å². The highest BCUT2D eigenvalue weighted by atomic mass is 32.2. The van der Waals surface area contributed by atoms with Crippen molar-refractivity contribution in [2.75, 3.05) is 4.72 Å². The first-order valence-corrected chi connectivity index (χ1v) is 8.69. The Hall–Kier alpha value is -1.37. The lowest BCUT2D eigenvalue weighted by atomic mass is 10.0. The van der Waals surface area contributed by atoms with Gasteiger partial charge in [-0.3, -0.25) is 4.72 Å². The van der Waals surface area contributed by atoms with E-state index in [1.165, 1.54) is 16.9 Å². The number of anilines is 1. The summed E-state index contributed by atoms with van der Waals surface area (Å²) in [4.78, 5) is 1.11. The largest absolute Gasteiger partial charge is 0.326 e. The summed E-state index contributed by atoms with van der Waals surface area (Å²) in [5.41, 5.74) is 7.24. The standard InChI is InChI=1S/C14H18N2O2S2/c1-10(2)11-3-5-12(6-4-11)16-20(17,18)14-7-13(8-15)19-9-14/h3-7,9-10,16H,8,15H2,1-2H3. The van der Waals surface area contributed by atoms with Gasteiger partial charge >= 0.3 is 0 Å². The molecule has 1 aromatic carbocycles. The molecule has 0 saturated heterocycles. The van der Waals surface area contributed by atoms with Crippen LogP contribution >= 0.6 is 11.3 Å². The molecule has 1 heterocycles. The summed E-state index contributed by atoms with van der Waals surface area (Å²) in [6, 6.07) is 9.03. The van der Waals surface area contributed by atoms with E-state index in [9.17, 15) is 8.42 Å². The lowest BCUT2D eigenvalue weighted by Gasteiger charge is -2.09. The van der Waals surface area contributed by atoms with Crippen LogP contribution in [0, 0.1) is 0 Å². The van der Waals surface area contributed by atoms with Crippen molar-refractivity contribution in [2.45, 2.75) is 31.2 Å². The molecule has 0 aliphatic heterocycles. The molecule has 0 unspecified atom stereocenters. The molecule has 0 atom stereocenters. The van der Waals surface area contributed by atoms with Crippen molar-refractivity contribution in [3.63, 3.8) is 0 Å². The molecule has 2 aromatic rings. The summed E-state index contributed by atoms with van der Waals surface area (Å²) in [6.45, 7) is 4.54. The third-order valence-corrected chi connectivity index (χ3v) is 5.44. The van der Waals surface area contributed by atoms with Crippen LogP contribution in [0.3, 0.4) is 0 Å². The summed E-state index contributed by atoms with van der Waals surface area (Å²) in [7, 11) is -3.53. The highest BCUT2D eigenvalue weighted by molar-refractivity contribution is 7.92. The Morgan fingerprint density at radius 1 is 1.25 bits per heavy atom. The molecule has 0 aliphatic rings. The molecule has 3 N–H and O–H groups in total. The molecule has 20 heavy (non-hydrogen) atoms. The summed E-state index contributed by atoms with van der Waals surface area (Å²) in [5, 5.41) is 1.60. The first-order chi connectivity index (χ1) is 9.42. The molecule has 0 amide bonds. The smallest absolute Gasteiger partial charge is 0.262 e. The molecule has 2 rings (SSSR count). The molecule has 0 radical (unpaired) electrons. The predicted molar refractivity (Wildman–Crippen MR) is 83.5 cm³/mol. The second-order valence-corrected chi connectivity index (χ2v) is 7.51. The van der Waals surface area contributed by atoms with Gasteiger partial charge in [0.1, 0.15) is 0 Å². The second kappa shape index (κ2) is 5.95. The Morgan fingerprint density at radius 2 is 1.90 bits per heavy atom. The number of hydrogen-bond donors (Lipinski definition) is 2. The number of nitrogens with two attached hydrogens (primary N) is 1. The Bertz CT molecular complexity index is 673. The first kappa shape index (κ1) is 15.0. The first-order valence-electron chi connectivity index (χ1n) is 6.32. The molecule has 0 bridgehead atoms. The number of hydrogen-bond acceptors (Lipinski definition) is 4. The van der Waals surface area contributed by atoms with Gasteiger partial charge in [0.2, 0.25) is 0 Å². The van der Waals surface area contributed by atoms with E-state index < -0.39 is 10.0 Å². The van der Waals surface area contributed by atoms with Gasteiger partial charge in [-0.05, 0) is 29.7 Å². The van der Waals surface area contributed by atoms with Crippen molar-refractivity contribution < 1.29 is 8.42 Å². The highest BCUT2D eigenvalue weighted by Crippen LogP contribution is 2.23. The van der Waals surface area contributed by atoms with Gasteiger partial charge in [0, 0.05) is 22.5 Å². The van der Waals surface area contributed by atoms with Gasteiger partial charge in [0.25, 0.3) is 10.0 Å². The molecule has 0 saturated carbocycles. The quantitative estimate of drug-likeness (QED) is 0.891. The number of nitrogens with one attached hydrogen (secondary N) is 1. The average molecular weight is 310 g/mol. The SMILES string of the molecule is CC(C)c1ccc(NS(=O)(=O)c2csc(CN)c2)cc1. The monoisotopic (exact) mass is 310 g/mol. The molecule has 0 fully saturated rings.